The molecular weight excluding hydrogens is 282 g/mol. The molecule has 2 heterocycles. The molecule has 5 nitrogen and oxygen atoms in total. The second-order valence-electron chi connectivity index (χ2n) is 5.89. The van der Waals surface area contributed by atoms with Gasteiger partial charge in [0.2, 0.25) is 5.91 Å². The Bertz CT molecular complexity index is 525. The fourth-order valence-corrected chi connectivity index (χ4v) is 2.85. The molecule has 3 rings (SSSR count). The summed E-state index contributed by atoms with van der Waals surface area (Å²) >= 11 is 0. The van der Waals surface area contributed by atoms with E-state index in [0.717, 1.165) is 42.9 Å². The van der Waals surface area contributed by atoms with Crippen molar-refractivity contribution in [3.05, 3.63) is 23.8 Å². The lowest BCUT2D eigenvalue weighted by atomic mass is 10.1. The van der Waals surface area contributed by atoms with Gasteiger partial charge in [-0.15, -0.1) is 0 Å². The minimum Gasteiger partial charge on any atom is -0.490 e. The molecule has 1 N–H and O–H groups in total. The second-order valence-corrected chi connectivity index (χ2v) is 5.89. The summed E-state index contributed by atoms with van der Waals surface area (Å²) in [6.45, 7) is 4.10. The first kappa shape index (κ1) is 15.2. The Morgan fingerprint density at radius 3 is 2.82 bits per heavy atom. The number of nitrogens with one attached hydrogen (secondary N) is 1. The summed E-state index contributed by atoms with van der Waals surface area (Å²) in [6.07, 6.45) is 3.43. The molecule has 1 aromatic carbocycles. The van der Waals surface area contributed by atoms with E-state index in [1.807, 2.05) is 25.1 Å². The molecule has 0 aliphatic carbocycles. The van der Waals surface area contributed by atoms with E-state index >= 15 is 0 Å². The quantitative estimate of drug-likeness (QED) is 0.929. The van der Waals surface area contributed by atoms with Gasteiger partial charge >= 0.3 is 0 Å². The predicted molar refractivity (Wildman–Crippen MR) is 82.2 cm³/mol. The highest BCUT2D eigenvalue weighted by atomic mass is 16.5. The minimum atomic E-state index is -0.0638. The molecular formula is C17H23NO4. The maximum Gasteiger partial charge on any atom is 0.223 e. The number of hydrogen-bond acceptors (Lipinski definition) is 4. The van der Waals surface area contributed by atoms with Crippen molar-refractivity contribution in [2.24, 2.45) is 0 Å². The van der Waals surface area contributed by atoms with E-state index < -0.39 is 0 Å². The van der Waals surface area contributed by atoms with Crippen LogP contribution in [0, 0.1) is 0 Å². The van der Waals surface area contributed by atoms with Crippen molar-refractivity contribution in [3.8, 4) is 11.5 Å². The van der Waals surface area contributed by atoms with E-state index in [2.05, 4.69) is 5.32 Å². The minimum absolute atomic E-state index is 0.0338. The van der Waals surface area contributed by atoms with Gasteiger partial charge in [-0.05, 0) is 37.5 Å². The Morgan fingerprint density at radius 2 is 2.05 bits per heavy atom. The molecule has 22 heavy (non-hydrogen) atoms. The molecule has 1 saturated heterocycles. The van der Waals surface area contributed by atoms with Gasteiger partial charge in [0.1, 0.15) is 0 Å². The first-order chi connectivity index (χ1) is 10.7. The van der Waals surface area contributed by atoms with Crippen LogP contribution in [0.25, 0.3) is 0 Å². The number of carbonyl (C=O) groups excluding carboxylic acids is 1. The van der Waals surface area contributed by atoms with Crippen LogP contribution in [0.1, 0.15) is 44.2 Å². The Hall–Kier alpha value is -1.75. The zero-order valence-electron chi connectivity index (χ0n) is 13.0. The lowest BCUT2D eigenvalue weighted by Crippen LogP contribution is -2.29. The number of ether oxygens (including phenoxy) is 3. The molecule has 2 atom stereocenters. The van der Waals surface area contributed by atoms with E-state index in [-0.39, 0.29) is 18.1 Å². The van der Waals surface area contributed by atoms with Crippen molar-refractivity contribution in [2.75, 3.05) is 19.8 Å². The maximum atomic E-state index is 12.1. The highest BCUT2D eigenvalue weighted by Crippen LogP contribution is 2.32. The van der Waals surface area contributed by atoms with Crippen molar-refractivity contribution in [3.63, 3.8) is 0 Å². The van der Waals surface area contributed by atoms with Crippen LogP contribution in [0.2, 0.25) is 0 Å². The van der Waals surface area contributed by atoms with Gasteiger partial charge in [-0.25, -0.2) is 0 Å². The van der Waals surface area contributed by atoms with Crippen molar-refractivity contribution in [2.45, 2.75) is 44.8 Å². The number of hydrogen-bond donors (Lipinski definition) is 1. The summed E-state index contributed by atoms with van der Waals surface area (Å²) in [7, 11) is 0. The van der Waals surface area contributed by atoms with Gasteiger partial charge < -0.3 is 19.5 Å². The fourth-order valence-electron chi connectivity index (χ4n) is 2.85. The molecule has 1 fully saturated rings. The van der Waals surface area contributed by atoms with Gasteiger partial charge in [-0.3, -0.25) is 4.79 Å². The molecule has 0 unspecified atom stereocenters. The van der Waals surface area contributed by atoms with Crippen LogP contribution < -0.4 is 14.8 Å². The first-order valence-electron chi connectivity index (χ1n) is 8.03. The number of carbonyl (C=O) groups is 1. The fraction of sp³-hybridized carbons (Fsp3) is 0.588. The van der Waals surface area contributed by atoms with Crippen LogP contribution in [0.5, 0.6) is 11.5 Å². The zero-order valence-corrected chi connectivity index (χ0v) is 13.0. The van der Waals surface area contributed by atoms with Crippen molar-refractivity contribution in [1.29, 1.82) is 0 Å². The van der Waals surface area contributed by atoms with Crippen LogP contribution in [0.15, 0.2) is 18.2 Å². The molecule has 2 aliphatic rings. The van der Waals surface area contributed by atoms with Gasteiger partial charge in [-0.1, -0.05) is 6.07 Å². The third-order valence-corrected chi connectivity index (χ3v) is 4.09. The largest absolute Gasteiger partial charge is 0.490 e. The number of benzene rings is 1. The van der Waals surface area contributed by atoms with E-state index in [1.165, 1.54) is 0 Å². The molecule has 0 spiro atoms. The zero-order chi connectivity index (χ0) is 15.4. The van der Waals surface area contributed by atoms with Crippen LogP contribution in [-0.4, -0.2) is 31.8 Å². The van der Waals surface area contributed by atoms with Gasteiger partial charge in [0.15, 0.2) is 11.5 Å². The lowest BCUT2D eigenvalue weighted by molar-refractivity contribution is -0.123. The average Bonchev–Trinajstić information content (AvgIpc) is 2.89. The SMILES string of the molecule is C[C@@H](NC(=O)C[C@@H]1CCCO1)c1ccc2c(c1)OCCCO2. The summed E-state index contributed by atoms with van der Waals surface area (Å²) < 4.78 is 16.8. The predicted octanol–water partition coefficient (Wildman–Crippen LogP) is 2.59. The number of rotatable bonds is 4. The highest BCUT2D eigenvalue weighted by molar-refractivity contribution is 5.77. The van der Waals surface area contributed by atoms with Crippen LogP contribution >= 0.6 is 0 Å². The summed E-state index contributed by atoms with van der Waals surface area (Å²) in [4.78, 5) is 12.1. The molecule has 1 aromatic rings. The standard InChI is InChI=1S/C17H23NO4/c1-12(18-17(19)11-14-4-2-7-20-14)13-5-6-15-16(10-13)22-9-3-8-21-15/h5-6,10,12,14H,2-4,7-9,11H2,1H3,(H,18,19)/t12-,14+/m1/s1. The summed E-state index contributed by atoms with van der Waals surface area (Å²) in [6, 6.07) is 5.78. The van der Waals surface area contributed by atoms with Crippen molar-refractivity contribution < 1.29 is 19.0 Å². The van der Waals surface area contributed by atoms with Crippen LogP contribution in [-0.2, 0) is 9.53 Å². The van der Waals surface area contributed by atoms with Gasteiger partial charge in [0, 0.05) is 13.0 Å². The summed E-state index contributed by atoms with van der Waals surface area (Å²) in [5.74, 6) is 1.57. The Kier molecular flexibility index (Phi) is 4.83. The Labute approximate surface area is 130 Å². The molecule has 120 valence electrons. The second kappa shape index (κ2) is 7.01. The van der Waals surface area contributed by atoms with E-state index in [0.29, 0.717) is 19.6 Å². The van der Waals surface area contributed by atoms with Crippen LogP contribution in [0.3, 0.4) is 0 Å². The van der Waals surface area contributed by atoms with E-state index in [4.69, 9.17) is 14.2 Å². The van der Waals surface area contributed by atoms with Crippen LogP contribution in [0.4, 0.5) is 0 Å². The molecule has 2 aliphatic heterocycles. The topological polar surface area (TPSA) is 56.8 Å². The van der Waals surface area contributed by atoms with Gasteiger partial charge in [0.05, 0.1) is 31.8 Å². The van der Waals surface area contributed by atoms with Gasteiger partial charge in [0.25, 0.3) is 0 Å². The lowest BCUT2D eigenvalue weighted by Gasteiger charge is -2.17. The third-order valence-electron chi connectivity index (χ3n) is 4.09. The first-order valence-corrected chi connectivity index (χ1v) is 8.03. The molecule has 0 saturated carbocycles. The normalized spacial score (nSPS) is 22.0. The number of fused-ring (bicyclic) bond motifs is 1. The monoisotopic (exact) mass is 305 g/mol. The molecule has 0 aromatic heterocycles. The Balaban J connectivity index is 1.60. The molecule has 1 amide bonds. The molecule has 0 radical (unpaired) electrons. The smallest absolute Gasteiger partial charge is 0.223 e. The average molecular weight is 305 g/mol. The Morgan fingerprint density at radius 1 is 1.23 bits per heavy atom. The summed E-state index contributed by atoms with van der Waals surface area (Å²) in [5, 5.41) is 3.03. The van der Waals surface area contributed by atoms with E-state index in [9.17, 15) is 4.79 Å². The summed E-state index contributed by atoms with van der Waals surface area (Å²) in [5.41, 5.74) is 1.02. The molecule has 0 bridgehead atoms. The highest BCUT2D eigenvalue weighted by Gasteiger charge is 2.21. The van der Waals surface area contributed by atoms with Gasteiger partial charge in [-0.2, -0.15) is 0 Å². The van der Waals surface area contributed by atoms with Crippen molar-refractivity contribution in [1.82, 2.24) is 5.32 Å². The number of amides is 1. The van der Waals surface area contributed by atoms with Crippen molar-refractivity contribution >= 4 is 5.91 Å². The molecule has 5 heteroatoms. The maximum absolute atomic E-state index is 12.1. The third kappa shape index (κ3) is 3.71. The van der Waals surface area contributed by atoms with E-state index in [1.54, 1.807) is 0 Å².